The van der Waals surface area contributed by atoms with E-state index in [1.54, 1.807) is 0 Å². The van der Waals surface area contributed by atoms with Crippen molar-refractivity contribution < 1.29 is 9.53 Å². The first-order valence-electron chi connectivity index (χ1n) is 8.81. The van der Waals surface area contributed by atoms with Crippen molar-refractivity contribution in [3.05, 3.63) is 0 Å². The van der Waals surface area contributed by atoms with Crippen LogP contribution in [0.15, 0.2) is 0 Å². The zero-order valence-corrected chi connectivity index (χ0v) is 14.6. The molecule has 5 heteroatoms. The molecule has 0 bridgehead atoms. The Labute approximate surface area is 135 Å². The summed E-state index contributed by atoms with van der Waals surface area (Å²) in [5.74, 6) is 1.05. The third kappa shape index (κ3) is 5.86. The summed E-state index contributed by atoms with van der Waals surface area (Å²) in [7, 11) is 4.18. The quantitative estimate of drug-likeness (QED) is 0.664. The molecule has 2 aliphatic heterocycles. The number of likely N-dealkylation sites (tertiary alicyclic amines) is 2. The molecule has 0 radical (unpaired) electrons. The summed E-state index contributed by atoms with van der Waals surface area (Å²) in [6, 6.07) is 0. The lowest BCUT2D eigenvalue weighted by molar-refractivity contribution is -0.134. The maximum atomic E-state index is 12.3. The van der Waals surface area contributed by atoms with Gasteiger partial charge in [-0.05, 0) is 58.8 Å². The number of carbonyl (C=O) groups is 1. The highest BCUT2D eigenvalue weighted by Crippen LogP contribution is 2.17. The third-order valence-electron chi connectivity index (χ3n) is 4.76. The molecular weight excluding hydrogens is 278 g/mol. The van der Waals surface area contributed by atoms with Crippen LogP contribution in [0.5, 0.6) is 0 Å². The highest BCUT2D eigenvalue weighted by Gasteiger charge is 2.26. The molecule has 0 aromatic carbocycles. The topological polar surface area (TPSA) is 36.0 Å². The second-order valence-corrected chi connectivity index (χ2v) is 7.24. The van der Waals surface area contributed by atoms with E-state index in [1.165, 1.54) is 6.42 Å². The maximum absolute atomic E-state index is 12.3. The number of hydrogen-bond donors (Lipinski definition) is 0. The first-order valence-corrected chi connectivity index (χ1v) is 8.81. The number of piperidine rings is 1. The van der Waals surface area contributed by atoms with Crippen molar-refractivity contribution >= 4 is 5.91 Å². The van der Waals surface area contributed by atoms with E-state index in [4.69, 9.17) is 4.74 Å². The Hall–Kier alpha value is -0.650. The van der Waals surface area contributed by atoms with Crippen molar-refractivity contribution in [2.45, 2.75) is 38.7 Å². The molecule has 0 saturated carbocycles. The molecule has 2 heterocycles. The maximum Gasteiger partial charge on any atom is 0.236 e. The standard InChI is InChI=1S/C17H33N3O2/c1-15-5-9-19(13-15)14-17(21)20-10-6-16(7-11-20)22-12-4-8-18(2)3/h15-16H,4-14H2,1-3H3. The molecule has 2 rings (SSSR count). The Kier molecular flexibility index (Phi) is 7.12. The summed E-state index contributed by atoms with van der Waals surface area (Å²) in [6.07, 6.45) is 4.64. The molecule has 5 nitrogen and oxygen atoms in total. The summed E-state index contributed by atoms with van der Waals surface area (Å²) in [5, 5.41) is 0. The van der Waals surface area contributed by atoms with E-state index in [9.17, 15) is 4.79 Å². The predicted octanol–water partition coefficient (Wildman–Crippen LogP) is 1.29. The number of nitrogens with zero attached hydrogens (tertiary/aromatic N) is 3. The highest BCUT2D eigenvalue weighted by molar-refractivity contribution is 5.78. The number of carbonyl (C=O) groups excluding carboxylic acids is 1. The van der Waals surface area contributed by atoms with Gasteiger partial charge >= 0.3 is 0 Å². The molecule has 2 saturated heterocycles. The second kappa shape index (κ2) is 8.85. The number of hydrogen-bond acceptors (Lipinski definition) is 4. The predicted molar refractivity (Wildman–Crippen MR) is 88.9 cm³/mol. The van der Waals surface area contributed by atoms with E-state index in [2.05, 4.69) is 30.8 Å². The lowest BCUT2D eigenvalue weighted by Gasteiger charge is -2.33. The summed E-state index contributed by atoms with van der Waals surface area (Å²) in [4.78, 5) is 18.9. The molecule has 1 amide bonds. The lowest BCUT2D eigenvalue weighted by atomic mass is 10.1. The molecule has 1 atom stereocenters. The van der Waals surface area contributed by atoms with Crippen LogP contribution in [0.1, 0.15) is 32.6 Å². The Morgan fingerprint density at radius 2 is 1.91 bits per heavy atom. The smallest absolute Gasteiger partial charge is 0.236 e. The molecule has 0 aromatic heterocycles. The molecule has 0 aliphatic carbocycles. The van der Waals surface area contributed by atoms with Gasteiger partial charge in [0.25, 0.3) is 0 Å². The van der Waals surface area contributed by atoms with Crippen molar-refractivity contribution in [2.75, 3.05) is 60.0 Å². The summed E-state index contributed by atoms with van der Waals surface area (Å²) < 4.78 is 5.93. The SMILES string of the molecule is CC1CCN(CC(=O)N2CCC(OCCCN(C)C)CC2)C1. The van der Waals surface area contributed by atoms with E-state index < -0.39 is 0 Å². The van der Waals surface area contributed by atoms with E-state index in [1.807, 2.05) is 4.90 Å². The van der Waals surface area contributed by atoms with Gasteiger partial charge in [-0.25, -0.2) is 0 Å². The van der Waals surface area contributed by atoms with Crippen LogP contribution in [0, 0.1) is 5.92 Å². The molecule has 2 fully saturated rings. The van der Waals surface area contributed by atoms with Crippen LogP contribution in [0.2, 0.25) is 0 Å². The molecule has 1 unspecified atom stereocenters. The van der Waals surface area contributed by atoms with Crippen LogP contribution in [0.4, 0.5) is 0 Å². The van der Waals surface area contributed by atoms with Gasteiger partial charge in [-0.2, -0.15) is 0 Å². The number of rotatable bonds is 7. The van der Waals surface area contributed by atoms with E-state index in [-0.39, 0.29) is 0 Å². The van der Waals surface area contributed by atoms with Crippen LogP contribution in [-0.4, -0.2) is 86.7 Å². The fourth-order valence-corrected chi connectivity index (χ4v) is 3.36. The fraction of sp³-hybridized carbons (Fsp3) is 0.941. The lowest BCUT2D eigenvalue weighted by Crippen LogP contribution is -2.45. The minimum absolute atomic E-state index is 0.306. The van der Waals surface area contributed by atoms with Gasteiger partial charge in [0.2, 0.25) is 5.91 Å². The van der Waals surface area contributed by atoms with Crippen LogP contribution < -0.4 is 0 Å². The van der Waals surface area contributed by atoms with Crippen LogP contribution in [0.3, 0.4) is 0 Å². The molecule has 0 spiro atoms. The Morgan fingerprint density at radius 1 is 1.18 bits per heavy atom. The summed E-state index contributed by atoms with van der Waals surface area (Å²) in [6.45, 7) is 8.67. The van der Waals surface area contributed by atoms with Crippen molar-refractivity contribution in [1.82, 2.24) is 14.7 Å². The molecule has 0 aromatic rings. The monoisotopic (exact) mass is 311 g/mol. The third-order valence-corrected chi connectivity index (χ3v) is 4.76. The summed E-state index contributed by atoms with van der Waals surface area (Å²) >= 11 is 0. The Bertz CT molecular complexity index is 341. The zero-order chi connectivity index (χ0) is 15.9. The summed E-state index contributed by atoms with van der Waals surface area (Å²) in [5.41, 5.74) is 0. The van der Waals surface area contributed by atoms with Crippen molar-refractivity contribution in [3.8, 4) is 0 Å². The Balaban J connectivity index is 1.59. The first-order chi connectivity index (χ1) is 10.5. The molecular formula is C17H33N3O2. The minimum Gasteiger partial charge on any atom is -0.378 e. The molecule has 22 heavy (non-hydrogen) atoms. The average Bonchev–Trinajstić information content (AvgIpc) is 2.89. The van der Waals surface area contributed by atoms with E-state index >= 15 is 0 Å². The van der Waals surface area contributed by atoms with Gasteiger partial charge in [0, 0.05) is 26.2 Å². The zero-order valence-electron chi connectivity index (χ0n) is 14.6. The van der Waals surface area contributed by atoms with Gasteiger partial charge in [0.15, 0.2) is 0 Å². The molecule has 128 valence electrons. The van der Waals surface area contributed by atoms with Crippen LogP contribution >= 0.6 is 0 Å². The average molecular weight is 311 g/mol. The van der Waals surface area contributed by atoms with Gasteiger partial charge in [0.1, 0.15) is 0 Å². The van der Waals surface area contributed by atoms with Crippen LogP contribution in [-0.2, 0) is 9.53 Å². The van der Waals surface area contributed by atoms with Crippen LogP contribution in [0.25, 0.3) is 0 Å². The number of amides is 1. The highest BCUT2D eigenvalue weighted by atomic mass is 16.5. The van der Waals surface area contributed by atoms with Crippen molar-refractivity contribution in [3.63, 3.8) is 0 Å². The normalized spacial score (nSPS) is 24.4. The van der Waals surface area contributed by atoms with Crippen molar-refractivity contribution in [2.24, 2.45) is 5.92 Å². The Morgan fingerprint density at radius 3 is 2.50 bits per heavy atom. The largest absolute Gasteiger partial charge is 0.378 e. The number of ether oxygens (including phenoxy) is 1. The van der Waals surface area contributed by atoms with Gasteiger partial charge in [-0.1, -0.05) is 6.92 Å². The van der Waals surface area contributed by atoms with E-state index in [0.717, 1.165) is 64.5 Å². The van der Waals surface area contributed by atoms with Crippen molar-refractivity contribution in [1.29, 1.82) is 0 Å². The van der Waals surface area contributed by atoms with Gasteiger partial charge in [-0.15, -0.1) is 0 Å². The second-order valence-electron chi connectivity index (χ2n) is 7.24. The van der Waals surface area contributed by atoms with Gasteiger partial charge in [-0.3, -0.25) is 9.69 Å². The first kappa shape index (κ1) is 17.7. The van der Waals surface area contributed by atoms with Gasteiger partial charge in [0.05, 0.1) is 12.6 Å². The van der Waals surface area contributed by atoms with E-state index in [0.29, 0.717) is 18.6 Å². The molecule has 2 aliphatic rings. The minimum atomic E-state index is 0.306. The fourth-order valence-electron chi connectivity index (χ4n) is 3.36. The van der Waals surface area contributed by atoms with Gasteiger partial charge < -0.3 is 14.5 Å². The molecule has 0 N–H and O–H groups in total.